The van der Waals surface area contributed by atoms with E-state index in [0.29, 0.717) is 17.8 Å². The largest absolute Gasteiger partial charge is 0.473 e. The molecule has 5 fully saturated rings. The minimum absolute atomic E-state index is 0.207. The zero-order chi connectivity index (χ0) is 15.5. The average molecular weight is 310 g/mol. The first-order valence-electron chi connectivity index (χ1n) is 8.46. The first kappa shape index (κ1) is 14.9. The number of fused-ring (bicyclic) bond motifs is 2. The van der Waals surface area contributed by atoms with E-state index in [1.54, 1.807) is 0 Å². The molecule has 1 spiro atoms. The molecule has 0 aromatic heterocycles. The molecule has 2 bridgehead atoms. The Morgan fingerprint density at radius 2 is 1.95 bits per heavy atom. The third kappa shape index (κ3) is 1.86. The predicted octanol–water partition coefficient (Wildman–Crippen LogP) is 3.35. The smallest absolute Gasteiger partial charge is 0.204 e. The monoisotopic (exact) mass is 310 g/mol. The highest BCUT2D eigenvalue weighted by molar-refractivity contribution is 5.09. The Morgan fingerprint density at radius 3 is 2.73 bits per heavy atom. The lowest BCUT2D eigenvalue weighted by atomic mass is 9.58. The van der Waals surface area contributed by atoms with Gasteiger partial charge in [-0.3, -0.25) is 0 Å². The Morgan fingerprint density at radius 1 is 1.14 bits per heavy atom. The summed E-state index contributed by atoms with van der Waals surface area (Å²) >= 11 is 0. The van der Waals surface area contributed by atoms with Crippen LogP contribution in [0.2, 0.25) is 0 Å². The summed E-state index contributed by atoms with van der Waals surface area (Å²) in [6.45, 7) is 10.1. The number of hydrogen-bond donors (Lipinski definition) is 0. The molecule has 5 rings (SSSR count). The summed E-state index contributed by atoms with van der Waals surface area (Å²) < 4.78 is 18.0. The molecule has 1 saturated carbocycles. The van der Waals surface area contributed by atoms with E-state index in [0.717, 1.165) is 19.3 Å². The van der Waals surface area contributed by atoms with Gasteiger partial charge < -0.3 is 14.2 Å². The van der Waals surface area contributed by atoms with Gasteiger partial charge in [0.25, 0.3) is 0 Å². The van der Waals surface area contributed by atoms with Gasteiger partial charge in [-0.1, -0.05) is 20.4 Å². The van der Waals surface area contributed by atoms with Crippen molar-refractivity contribution in [2.75, 3.05) is 0 Å². The van der Waals surface area contributed by atoms with Crippen LogP contribution >= 0.6 is 0 Å². The van der Waals surface area contributed by atoms with Gasteiger partial charge in [0.1, 0.15) is 0 Å². The molecule has 124 valence electrons. The number of rotatable bonds is 2. The Hall–Kier alpha value is -0.620. The molecular weight excluding hydrogens is 284 g/mol. The molecule has 22 heavy (non-hydrogen) atoms. The summed E-state index contributed by atoms with van der Waals surface area (Å²) in [4.78, 5) is 11.8. The van der Waals surface area contributed by atoms with Crippen molar-refractivity contribution in [2.24, 2.45) is 23.7 Å². The molecule has 4 aliphatic heterocycles. The van der Waals surface area contributed by atoms with Crippen LogP contribution in [-0.2, 0) is 24.0 Å². The van der Waals surface area contributed by atoms with Crippen molar-refractivity contribution in [2.45, 2.75) is 70.4 Å². The van der Waals surface area contributed by atoms with Crippen LogP contribution < -0.4 is 0 Å². The van der Waals surface area contributed by atoms with Gasteiger partial charge in [0, 0.05) is 18.3 Å². The second-order valence-electron chi connectivity index (χ2n) is 7.58. The third-order valence-corrected chi connectivity index (χ3v) is 6.33. The van der Waals surface area contributed by atoms with Gasteiger partial charge in [0.2, 0.25) is 12.1 Å². The SMILES string of the molecule is C=CO[C@@H]1OC2OC3(C)CCC4[C@H](C)CCC([C@H]1C)[C@@]24OO3. The Labute approximate surface area is 131 Å². The van der Waals surface area contributed by atoms with Gasteiger partial charge in [0.15, 0.2) is 11.9 Å². The normalized spacial score (nSPS) is 56.9. The van der Waals surface area contributed by atoms with E-state index < -0.39 is 17.7 Å². The highest BCUT2D eigenvalue weighted by atomic mass is 17.3. The maximum atomic E-state index is 6.22. The first-order valence-corrected chi connectivity index (χ1v) is 8.46. The molecule has 4 unspecified atom stereocenters. The second kappa shape index (κ2) is 4.94. The average Bonchev–Trinajstić information content (AvgIpc) is 2.71. The minimum Gasteiger partial charge on any atom is -0.473 e. The van der Waals surface area contributed by atoms with E-state index in [9.17, 15) is 0 Å². The zero-order valence-corrected chi connectivity index (χ0v) is 13.6. The van der Waals surface area contributed by atoms with E-state index in [1.807, 2.05) is 6.92 Å². The van der Waals surface area contributed by atoms with E-state index >= 15 is 0 Å². The lowest BCUT2D eigenvalue weighted by Gasteiger charge is -2.59. The molecule has 4 saturated heterocycles. The van der Waals surface area contributed by atoms with Gasteiger partial charge >= 0.3 is 0 Å². The maximum Gasteiger partial charge on any atom is 0.204 e. The van der Waals surface area contributed by atoms with Gasteiger partial charge in [-0.15, -0.1) is 0 Å². The van der Waals surface area contributed by atoms with Gasteiger partial charge in [0.05, 0.1) is 6.26 Å². The predicted molar refractivity (Wildman–Crippen MR) is 78.1 cm³/mol. The van der Waals surface area contributed by atoms with Crippen molar-refractivity contribution in [3.63, 3.8) is 0 Å². The summed E-state index contributed by atoms with van der Waals surface area (Å²) in [6, 6.07) is 0. The molecule has 0 radical (unpaired) electrons. The lowest BCUT2D eigenvalue weighted by Crippen LogP contribution is -2.70. The van der Waals surface area contributed by atoms with Crippen molar-refractivity contribution in [1.29, 1.82) is 0 Å². The Kier molecular flexibility index (Phi) is 3.35. The fourth-order valence-corrected chi connectivity index (χ4v) is 5.12. The van der Waals surface area contributed by atoms with Crippen LogP contribution in [0.4, 0.5) is 0 Å². The van der Waals surface area contributed by atoms with E-state index in [1.165, 1.54) is 12.7 Å². The third-order valence-electron chi connectivity index (χ3n) is 6.33. The zero-order valence-electron chi connectivity index (χ0n) is 13.6. The van der Waals surface area contributed by atoms with Crippen LogP contribution in [-0.4, -0.2) is 24.0 Å². The molecule has 0 aromatic rings. The number of hydrogen-bond acceptors (Lipinski definition) is 5. The highest BCUT2D eigenvalue weighted by Gasteiger charge is 2.69. The molecule has 0 aromatic carbocycles. The highest BCUT2D eigenvalue weighted by Crippen LogP contribution is 2.60. The van der Waals surface area contributed by atoms with Crippen LogP contribution in [0.25, 0.3) is 0 Å². The standard InChI is InChI=1S/C17H26O5/c1-5-18-14-11(3)13-7-6-10(2)12-8-9-16(4)20-15(19-14)17(12,13)22-21-16/h5,10-15H,1,6-9H2,2-4H3/t10-,11-,12?,13?,14-,15?,16?,17-/m1/s1. The molecule has 5 nitrogen and oxygen atoms in total. The van der Waals surface area contributed by atoms with Crippen LogP contribution in [0.1, 0.15) is 46.5 Å². The van der Waals surface area contributed by atoms with E-state index in [4.69, 9.17) is 24.0 Å². The van der Waals surface area contributed by atoms with Gasteiger partial charge in [-0.05, 0) is 38.0 Å². The number of ether oxygens (including phenoxy) is 3. The van der Waals surface area contributed by atoms with Crippen LogP contribution in [0, 0.1) is 23.7 Å². The Bertz CT molecular complexity index is 468. The fraction of sp³-hybridized carbons (Fsp3) is 0.882. The van der Waals surface area contributed by atoms with Crippen molar-refractivity contribution in [3.8, 4) is 0 Å². The van der Waals surface area contributed by atoms with Crippen molar-refractivity contribution in [1.82, 2.24) is 0 Å². The lowest BCUT2D eigenvalue weighted by molar-refractivity contribution is -0.576. The maximum absolute atomic E-state index is 6.22. The first-order chi connectivity index (χ1) is 10.5. The topological polar surface area (TPSA) is 46.2 Å². The van der Waals surface area contributed by atoms with Crippen LogP contribution in [0.3, 0.4) is 0 Å². The van der Waals surface area contributed by atoms with Gasteiger partial charge in [-0.25, -0.2) is 9.78 Å². The van der Waals surface area contributed by atoms with E-state index in [-0.39, 0.29) is 12.2 Å². The van der Waals surface area contributed by atoms with Crippen molar-refractivity contribution < 1.29 is 24.0 Å². The van der Waals surface area contributed by atoms with E-state index in [2.05, 4.69) is 20.4 Å². The summed E-state index contributed by atoms with van der Waals surface area (Å²) in [5.74, 6) is 0.766. The quantitative estimate of drug-likeness (QED) is 0.578. The summed E-state index contributed by atoms with van der Waals surface area (Å²) in [7, 11) is 0. The Balaban J connectivity index is 1.77. The summed E-state index contributed by atoms with van der Waals surface area (Å²) in [5, 5.41) is 0. The van der Waals surface area contributed by atoms with Crippen LogP contribution in [0.5, 0.6) is 0 Å². The van der Waals surface area contributed by atoms with Crippen LogP contribution in [0.15, 0.2) is 12.8 Å². The second-order valence-corrected chi connectivity index (χ2v) is 7.58. The summed E-state index contributed by atoms with van der Waals surface area (Å²) in [5.41, 5.74) is -0.506. The minimum atomic E-state index is -0.725. The molecule has 8 atom stereocenters. The van der Waals surface area contributed by atoms with Crippen molar-refractivity contribution in [3.05, 3.63) is 12.8 Å². The fourth-order valence-electron chi connectivity index (χ4n) is 5.12. The van der Waals surface area contributed by atoms with Crippen molar-refractivity contribution >= 4 is 0 Å². The van der Waals surface area contributed by atoms with Gasteiger partial charge in [-0.2, -0.15) is 0 Å². The molecule has 1 aliphatic carbocycles. The molecule has 5 aliphatic rings. The molecule has 4 heterocycles. The summed E-state index contributed by atoms with van der Waals surface area (Å²) in [6.07, 6.45) is 4.85. The molecule has 5 heteroatoms. The molecular formula is C17H26O5. The molecule has 0 amide bonds. The molecule has 0 N–H and O–H groups in total.